The first kappa shape index (κ1) is 10.2. The third-order valence-corrected chi connectivity index (χ3v) is 3.45. The Morgan fingerprint density at radius 2 is 1.20 bits per heavy atom. The summed E-state index contributed by atoms with van der Waals surface area (Å²) in [6.07, 6.45) is 9.47. The van der Waals surface area contributed by atoms with Crippen LogP contribution in [-0.4, -0.2) is 52.7 Å². The van der Waals surface area contributed by atoms with Gasteiger partial charge in [-0.1, -0.05) is 0 Å². The van der Waals surface area contributed by atoms with Crippen LogP contribution in [0.1, 0.15) is 13.8 Å². The average Bonchev–Trinajstić information content (AvgIpc) is 2.68. The van der Waals surface area contributed by atoms with Gasteiger partial charge in [0.05, 0.1) is 19.0 Å². The van der Waals surface area contributed by atoms with Gasteiger partial charge in [-0.2, -0.15) is 0 Å². The molecule has 0 spiro atoms. The largest absolute Gasteiger partial charge is 0.359 e. The lowest BCUT2D eigenvalue weighted by atomic mass is 10.4. The van der Waals surface area contributed by atoms with E-state index in [4.69, 9.17) is 0 Å². The molecule has 15 heavy (non-hydrogen) atoms. The van der Waals surface area contributed by atoms with Gasteiger partial charge in [0.2, 0.25) is 0 Å². The highest BCUT2D eigenvalue weighted by Gasteiger charge is 2.24. The van der Waals surface area contributed by atoms with E-state index in [0.717, 1.165) is 6.67 Å². The van der Waals surface area contributed by atoms with Crippen molar-refractivity contribution < 1.29 is 0 Å². The molecule has 84 valence electrons. The van der Waals surface area contributed by atoms with Gasteiger partial charge in [-0.3, -0.25) is 0 Å². The predicted molar refractivity (Wildman–Crippen MR) is 61.3 cm³/mol. The highest BCUT2D eigenvalue weighted by atomic mass is 15.5. The fourth-order valence-corrected chi connectivity index (χ4v) is 1.87. The summed E-state index contributed by atoms with van der Waals surface area (Å²) in [5, 5.41) is 0. The Bertz CT molecular complexity index is 258. The zero-order valence-corrected chi connectivity index (χ0v) is 9.96. The van der Waals surface area contributed by atoms with Gasteiger partial charge in [0.25, 0.3) is 0 Å². The lowest BCUT2D eigenvalue weighted by Crippen LogP contribution is -2.43. The van der Waals surface area contributed by atoms with E-state index < -0.39 is 0 Å². The fraction of sp³-hybridized carbons (Fsp3) is 0.636. The molecule has 2 rings (SSSR count). The molecule has 2 aliphatic rings. The van der Waals surface area contributed by atoms with Crippen LogP contribution in [0.3, 0.4) is 0 Å². The maximum Gasteiger partial charge on any atom is 0.0990 e. The topological polar surface area (TPSA) is 13.0 Å². The summed E-state index contributed by atoms with van der Waals surface area (Å²) < 4.78 is 0. The van der Waals surface area contributed by atoms with Crippen LogP contribution in [0.25, 0.3) is 0 Å². The summed E-state index contributed by atoms with van der Waals surface area (Å²) in [5.74, 6) is 0. The smallest absolute Gasteiger partial charge is 0.0990 e. The SMILES string of the molecule is CC1N(C)C=CN1CN1C=CN(C)C1C. The van der Waals surface area contributed by atoms with Crippen LogP contribution in [0.2, 0.25) is 0 Å². The van der Waals surface area contributed by atoms with Gasteiger partial charge in [-0.05, 0) is 13.8 Å². The van der Waals surface area contributed by atoms with E-state index in [0.29, 0.717) is 12.3 Å². The van der Waals surface area contributed by atoms with Gasteiger partial charge in [0.15, 0.2) is 0 Å². The molecule has 0 amide bonds. The number of nitrogens with zero attached hydrogens (tertiary/aromatic N) is 4. The molecule has 4 nitrogen and oxygen atoms in total. The summed E-state index contributed by atoms with van der Waals surface area (Å²) in [6.45, 7) is 5.38. The Balaban J connectivity index is 1.93. The molecule has 0 fully saturated rings. The van der Waals surface area contributed by atoms with Crippen molar-refractivity contribution in [2.24, 2.45) is 0 Å². The molecule has 0 aromatic carbocycles. The van der Waals surface area contributed by atoms with E-state index in [1.54, 1.807) is 0 Å². The molecule has 0 saturated carbocycles. The van der Waals surface area contributed by atoms with Crippen LogP contribution in [0, 0.1) is 0 Å². The van der Waals surface area contributed by atoms with Crippen molar-refractivity contribution in [1.82, 2.24) is 19.6 Å². The molecule has 2 atom stereocenters. The Kier molecular flexibility index (Phi) is 2.50. The summed E-state index contributed by atoms with van der Waals surface area (Å²) in [6, 6.07) is 0. The van der Waals surface area contributed by atoms with Crippen molar-refractivity contribution in [3.05, 3.63) is 24.8 Å². The van der Waals surface area contributed by atoms with Crippen molar-refractivity contribution in [2.75, 3.05) is 20.8 Å². The van der Waals surface area contributed by atoms with E-state index in [1.165, 1.54) is 0 Å². The third kappa shape index (κ3) is 1.76. The monoisotopic (exact) mass is 208 g/mol. The first-order valence-corrected chi connectivity index (χ1v) is 5.41. The van der Waals surface area contributed by atoms with E-state index >= 15 is 0 Å². The minimum Gasteiger partial charge on any atom is -0.359 e. The van der Waals surface area contributed by atoms with Gasteiger partial charge in [-0.25, -0.2) is 0 Å². The fourth-order valence-electron chi connectivity index (χ4n) is 1.87. The van der Waals surface area contributed by atoms with Crippen molar-refractivity contribution >= 4 is 0 Å². The van der Waals surface area contributed by atoms with Crippen molar-refractivity contribution in [3.63, 3.8) is 0 Å². The molecule has 0 aromatic rings. The summed E-state index contributed by atoms with van der Waals surface area (Å²) >= 11 is 0. The maximum atomic E-state index is 2.33. The van der Waals surface area contributed by atoms with Crippen molar-refractivity contribution in [2.45, 2.75) is 26.2 Å². The van der Waals surface area contributed by atoms with Gasteiger partial charge < -0.3 is 19.6 Å². The molecule has 0 radical (unpaired) electrons. The van der Waals surface area contributed by atoms with Crippen LogP contribution in [0.4, 0.5) is 0 Å². The molecule has 0 aliphatic carbocycles. The van der Waals surface area contributed by atoms with Gasteiger partial charge in [0.1, 0.15) is 0 Å². The van der Waals surface area contributed by atoms with E-state index in [2.05, 4.69) is 72.3 Å². The second-order valence-corrected chi connectivity index (χ2v) is 4.36. The normalized spacial score (nSPS) is 29.9. The molecule has 0 bridgehead atoms. The minimum absolute atomic E-state index is 0.455. The van der Waals surface area contributed by atoms with Gasteiger partial charge >= 0.3 is 0 Å². The zero-order chi connectivity index (χ0) is 11.0. The highest BCUT2D eigenvalue weighted by Crippen LogP contribution is 2.18. The summed E-state index contributed by atoms with van der Waals surface area (Å²) in [4.78, 5) is 9.10. The van der Waals surface area contributed by atoms with Crippen molar-refractivity contribution in [1.29, 1.82) is 0 Å². The van der Waals surface area contributed by atoms with Crippen LogP contribution < -0.4 is 0 Å². The molecule has 4 heteroatoms. The lowest BCUT2D eigenvalue weighted by molar-refractivity contribution is 0.0924. The maximum absolute atomic E-state index is 2.33. The predicted octanol–water partition coefficient (Wildman–Crippen LogP) is 1.07. The van der Waals surface area contributed by atoms with Crippen LogP contribution in [0.15, 0.2) is 24.8 Å². The number of rotatable bonds is 2. The molecule has 2 heterocycles. The van der Waals surface area contributed by atoms with Crippen LogP contribution in [-0.2, 0) is 0 Å². The quantitative estimate of drug-likeness (QED) is 0.673. The molecule has 2 aliphatic heterocycles. The summed E-state index contributed by atoms with van der Waals surface area (Å²) in [5.41, 5.74) is 0. The van der Waals surface area contributed by atoms with E-state index in [9.17, 15) is 0 Å². The Labute approximate surface area is 92.0 Å². The molecule has 0 saturated heterocycles. The Morgan fingerprint density at radius 3 is 1.47 bits per heavy atom. The third-order valence-electron chi connectivity index (χ3n) is 3.45. The average molecular weight is 208 g/mol. The second kappa shape index (κ2) is 3.68. The Hall–Kier alpha value is -1.32. The summed E-state index contributed by atoms with van der Waals surface area (Å²) in [7, 11) is 4.22. The second-order valence-electron chi connectivity index (χ2n) is 4.36. The number of hydrogen-bond donors (Lipinski definition) is 0. The molecule has 0 aromatic heterocycles. The molecule has 0 N–H and O–H groups in total. The zero-order valence-electron chi connectivity index (χ0n) is 9.96. The highest BCUT2D eigenvalue weighted by molar-refractivity contribution is 4.98. The van der Waals surface area contributed by atoms with Crippen LogP contribution >= 0.6 is 0 Å². The van der Waals surface area contributed by atoms with E-state index in [-0.39, 0.29) is 0 Å². The first-order valence-electron chi connectivity index (χ1n) is 5.41. The molecular formula is C11H20N4. The van der Waals surface area contributed by atoms with E-state index in [1.807, 2.05) is 0 Å². The van der Waals surface area contributed by atoms with Crippen LogP contribution in [0.5, 0.6) is 0 Å². The van der Waals surface area contributed by atoms with Crippen molar-refractivity contribution in [3.8, 4) is 0 Å². The standard InChI is InChI=1S/C11H20N4/c1-10-12(3)5-7-14(10)9-15-8-6-13(4)11(15)2/h5-8,10-11H,9H2,1-4H3. The molecule has 2 unspecified atom stereocenters. The first-order chi connectivity index (χ1) is 7.09. The van der Waals surface area contributed by atoms with Gasteiger partial charge in [0, 0.05) is 38.9 Å². The lowest BCUT2D eigenvalue weighted by Gasteiger charge is -2.34. The number of hydrogen-bond acceptors (Lipinski definition) is 4. The van der Waals surface area contributed by atoms with Gasteiger partial charge in [-0.15, -0.1) is 0 Å². The molecular weight excluding hydrogens is 188 g/mol. The minimum atomic E-state index is 0.455. The Morgan fingerprint density at radius 1 is 0.800 bits per heavy atom.